The Hall–Kier alpha value is -3.85. The minimum Gasteiger partial charge on any atom is -0.456 e. The molecule has 0 rings (SSSR count). The molecular weight excluding hydrogens is 1010 g/mol. The van der Waals surface area contributed by atoms with Gasteiger partial charge in [0.1, 0.15) is 19.3 Å². The number of phosphoric ester groups is 1. The first-order valence-electron chi connectivity index (χ1n) is 32.0. The molecule has 10 heteroatoms. The van der Waals surface area contributed by atoms with Crippen LogP contribution in [0.3, 0.4) is 0 Å². The second kappa shape index (κ2) is 58.4. The minimum atomic E-state index is -4.48. The predicted octanol–water partition coefficient (Wildman–Crippen LogP) is 20.1. The van der Waals surface area contributed by atoms with Crippen LogP contribution in [0, 0.1) is 0 Å². The van der Waals surface area contributed by atoms with Gasteiger partial charge in [0.2, 0.25) is 5.91 Å². The fourth-order valence-electron chi connectivity index (χ4n) is 8.42. The van der Waals surface area contributed by atoms with Crippen molar-refractivity contribution in [2.24, 2.45) is 0 Å². The van der Waals surface area contributed by atoms with E-state index in [0.29, 0.717) is 23.9 Å². The maximum Gasteiger partial charge on any atom is 0.472 e. The number of allylic oxidation sites excluding steroid dienone is 21. The van der Waals surface area contributed by atoms with Gasteiger partial charge in [-0.25, -0.2) is 4.57 Å². The summed E-state index contributed by atoms with van der Waals surface area (Å²) in [7, 11) is 1.42. The Kier molecular flexibility index (Phi) is 55.5. The zero-order valence-electron chi connectivity index (χ0n) is 52.0. The van der Waals surface area contributed by atoms with Crippen LogP contribution in [0.5, 0.6) is 0 Å². The van der Waals surface area contributed by atoms with E-state index in [1.807, 2.05) is 39.4 Å². The molecule has 0 fully saturated rings. The summed E-state index contributed by atoms with van der Waals surface area (Å²) in [5.41, 5.74) is 0. The van der Waals surface area contributed by atoms with Crippen molar-refractivity contribution in [3.05, 3.63) is 134 Å². The van der Waals surface area contributed by atoms with Crippen molar-refractivity contribution in [2.75, 3.05) is 40.9 Å². The number of hydrogen-bond acceptors (Lipinski definition) is 6. The van der Waals surface area contributed by atoms with Crippen LogP contribution in [0.4, 0.5) is 0 Å². The molecule has 3 atom stereocenters. The summed E-state index contributed by atoms with van der Waals surface area (Å²) in [6.45, 7) is 6.79. The summed E-state index contributed by atoms with van der Waals surface area (Å²) in [6, 6.07) is -0.903. The molecule has 0 aliphatic heterocycles. The van der Waals surface area contributed by atoms with E-state index in [1.165, 1.54) is 96.3 Å². The van der Waals surface area contributed by atoms with Crippen LogP contribution >= 0.6 is 7.82 Å². The number of carbonyl (C=O) groups excluding carboxylic acids is 2. The van der Waals surface area contributed by atoms with Gasteiger partial charge in [0.05, 0.1) is 33.8 Å². The lowest BCUT2D eigenvalue weighted by atomic mass is 10.1. The lowest BCUT2D eigenvalue weighted by Gasteiger charge is -2.27. The first kappa shape index (κ1) is 76.1. The average Bonchev–Trinajstić information content (AvgIpc) is 3.42. The van der Waals surface area contributed by atoms with Gasteiger partial charge in [0.25, 0.3) is 0 Å². The van der Waals surface area contributed by atoms with Crippen LogP contribution in [0.2, 0.25) is 0 Å². The van der Waals surface area contributed by atoms with E-state index < -0.39 is 20.0 Å². The molecule has 9 nitrogen and oxygen atoms in total. The molecule has 0 aliphatic carbocycles. The number of nitrogens with one attached hydrogen (secondary N) is 1. The number of phosphoric acid groups is 1. The van der Waals surface area contributed by atoms with Gasteiger partial charge in [-0.1, -0.05) is 251 Å². The normalized spacial score (nSPS) is 14.5. The first-order chi connectivity index (χ1) is 38.9. The standard InChI is InChI=1S/C70H119N2O7P/c1-7-10-13-16-19-22-25-28-30-32-34-35-36-37-39-41-43-45-48-51-54-57-60-63-70(74)79-68(61-58-55-52-49-46-27-24-21-18-15-12-9-3)67(66-78-80(75,76)77-65-64-72(4,5)6)71-69(73)62-59-56-53-50-47-44-42-40-38-33-31-29-26-23-20-17-14-11-8-2/h11,14,19-20,22-23,28-31,34-35,37-40,44,47,53,56,58,61,67-68H,7-10,12-13,15-18,21,24-27,32-33,36,41-43,45-46,48-52,54-55,57,59-60,62-66H2,1-6H3,(H-,71,73,75,76)/p+1/b14-11-,22-19-,23-20-,30-28-,31-29-,35-34-,39-37-,40-38-,47-44-,56-53-,61-58+. The highest BCUT2D eigenvalue weighted by atomic mass is 31.2. The fourth-order valence-corrected chi connectivity index (χ4v) is 9.15. The Bertz CT molecular complexity index is 1830. The number of unbranched alkanes of at least 4 members (excludes halogenated alkanes) is 20. The van der Waals surface area contributed by atoms with Crippen LogP contribution < -0.4 is 5.32 Å². The topological polar surface area (TPSA) is 111 Å². The molecular formula is C70H120N2O7P+. The van der Waals surface area contributed by atoms with Gasteiger partial charge in [0.15, 0.2) is 0 Å². The molecule has 1 amide bonds. The van der Waals surface area contributed by atoms with Gasteiger partial charge >= 0.3 is 13.8 Å². The summed E-state index contributed by atoms with van der Waals surface area (Å²) < 4.78 is 30.7. The number of carbonyl (C=O) groups is 2. The highest BCUT2D eigenvalue weighted by Crippen LogP contribution is 2.43. The summed E-state index contributed by atoms with van der Waals surface area (Å²) in [5.74, 6) is -0.624. The van der Waals surface area contributed by atoms with E-state index in [9.17, 15) is 19.0 Å². The smallest absolute Gasteiger partial charge is 0.456 e. The van der Waals surface area contributed by atoms with Crippen molar-refractivity contribution in [2.45, 2.75) is 258 Å². The number of amides is 1. The molecule has 0 aromatic heterocycles. The average molecular weight is 1130 g/mol. The molecule has 456 valence electrons. The Morgan fingerprint density at radius 3 is 1.25 bits per heavy atom. The molecule has 0 aliphatic rings. The summed E-state index contributed by atoms with van der Waals surface area (Å²) in [5, 5.41) is 3.00. The van der Waals surface area contributed by atoms with Gasteiger partial charge in [0, 0.05) is 12.8 Å². The third-order valence-corrected chi connectivity index (χ3v) is 14.3. The van der Waals surface area contributed by atoms with Crippen molar-refractivity contribution in [1.82, 2.24) is 5.32 Å². The van der Waals surface area contributed by atoms with Crippen LogP contribution in [-0.4, -0.2) is 74.3 Å². The Labute approximate surface area is 492 Å². The van der Waals surface area contributed by atoms with E-state index >= 15 is 0 Å². The van der Waals surface area contributed by atoms with Gasteiger partial charge in [-0.05, 0) is 115 Å². The van der Waals surface area contributed by atoms with Crippen molar-refractivity contribution < 1.29 is 37.3 Å². The van der Waals surface area contributed by atoms with Gasteiger partial charge in [-0.2, -0.15) is 0 Å². The van der Waals surface area contributed by atoms with E-state index in [-0.39, 0.29) is 37.9 Å². The number of ether oxygens (including phenoxy) is 1. The molecule has 0 saturated heterocycles. The largest absolute Gasteiger partial charge is 0.472 e. The van der Waals surface area contributed by atoms with E-state index in [0.717, 1.165) is 103 Å². The molecule has 0 heterocycles. The molecule has 0 aromatic carbocycles. The number of hydrogen-bond donors (Lipinski definition) is 2. The van der Waals surface area contributed by atoms with Crippen molar-refractivity contribution >= 4 is 19.7 Å². The number of esters is 1. The number of rotatable bonds is 56. The van der Waals surface area contributed by atoms with E-state index in [1.54, 1.807) is 0 Å². The third-order valence-electron chi connectivity index (χ3n) is 13.3. The molecule has 0 aromatic rings. The lowest BCUT2D eigenvalue weighted by Crippen LogP contribution is -2.47. The maximum absolute atomic E-state index is 13.5. The number of quaternary nitrogens is 1. The number of nitrogens with zero attached hydrogens (tertiary/aromatic N) is 1. The Balaban J connectivity index is 5.35. The predicted molar refractivity (Wildman–Crippen MR) is 346 cm³/mol. The lowest BCUT2D eigenvalue weighted by molar-refractivity contribution is -0.870. The van der Waals surface area contributed by atoms with Crippen LogP contribution in [0.25, 0.3) is 0 Å². The SMILES string of the molecule is CC/C=C\C/C=C\C/C=C\C/C=C\C/C=C\C/C=C\CCC(=O)NC(COP(=O)(O)OCC[N+](C)(C)C)C(/C=C/CCCCCCCCCCCC)OC(=O)CCCCCCCCC/C=C\C/C=C\C/C=C\C/C=C\CCCCC. The van der Waals surface area contributed by atoms with Crippen LogP contribution in [-0.2, 0) is 27.9 Å². The summed E-state index contributed by atoms with van der Waals surface area (Å²) >= 11 is 0. The Morgan fingerprint density at radius 2 is 0.812 bits per heavy atom. The van der Waals surface area contributed by atoms with Crippen molar-refractivity contribution in [3.8, 4) is 0 Å². The molecule has 0 bridgehead atoms. The fraction of sp³-hybridized carbons (Fsp3) is 0.657. The zero-order chi connectivity index (χ0) is 58.6. The van der Waals surface area contributed by atoms with Crippen LogP contribution in [0.15, 0.2) is 134 Å². The molecule has 3 unspecified atom stereocenters. The van der Waals surface area contributed by atoms with Gasteiger partial charge < -0.3 is 19.4 Å². The minimum absolute atomic E-state index is 0.0174. The number of likely N-dealkylation sites (N-methyl/N-ethyl adjacent to an activating group) is 1. The van der Waals surface area contributed by atoms with Crippen molar-refractivity contribution in [1.29, 1.82) is 0 Å². The summed E-state index contributed by atoms with van der Waals surface area (Å²) in [6.07, 6.45) is 83.2. The highest BCUT2D eigenvalue weighted by molar-refractivity contribution is 7.47. The van der Waals surface area contributed by atoms with E-state index in [2.05, 4.69) is 142 Å². The monoisotopic (exact) mass is 1130 g/mol. The first-order valence-corrected chi connectivity index (χ1v) is 33.5. The maximum atomic E-state index is 13.5. The van der Waals surface area contributed by atoms with E-state index in [4.69, 9.17) is 13.8 Å². The quantitative estimate of drug-likeness (QED) is 0.0205. The van der Waals surface area contributed by atoms with Crippen molar-refractivity contribution in [3.63, 3.8) is 0 Å². The molecule has 2 N–H and O–H groups in total. The summed E-state index contributed by atoms with van der Waals surface area (Å²) in [4.78, 5) is 37.7. The molecule has 0 saturated carbocycles. The second-order valence-corrected chi connectivity index (χ2v) is 23.6. The van der Waals surface area contributed by atoms with Gasteiger partial charge in [-0.3, -0.25) is 18.6 Å². The molecule has 0 spiro atoms. The zero-order valence-corrected chi connectivity index (χ0v) is 52.9. The van der Waals surface area contributed by atoms with Gasteiger partial charge in [-0.15, -0.1) is 0 Å². The molecule has 0 radical (unpaired) electrons. The van der Waals surface area contributed by atoms with Crippen LogP contribution in [0.1, 0.15) is 245 Å². The molecule has 80 heavy (non-hydrogen) atoms. The Morgan fingerprint density at radius 1 is 0.450 bits per heavy atom. The highest BCUT2D eigenvalue weighted by Gasteiger charge is 2.30. The second-order valence-electron chi connectivity index (χ2n) is 22.2. The third kappa shape index (κ3) is 58.8.